The average Bonchev–Trinajstić information content (AvgIpc) is 3.21. The Labute approximate surface area is 159 Å². The molecule has 0 spiro atoms. The molecule has 3 heterocycles. The molecule has 144 valence electrons. The largest absolute Gasteiger partial charge is 0.442 e. The number of cyclic esters (lactones) is 1. The predicted octanol–water partition coefficient (Wildman–Crippen LogP) is 3.50. The van der Waals surface area contributed by atoms with Crippen LogP contribution in [0, 0.1) is 13.8 Å². The summed E-state index contributed by atoms with van der Waals surface area (Å²) in [5.41, 5.74) is 5.85. The summed E-state index contributed by atoms with van der Waals surface area (Å²) in [6.45, 7) is 9.53. The Morgan fingerprint density at radius 1 is 1.26 bits per heavy atom. The lowest BCUT2D eigenvalue weighted by molar-refractivity contribution is 0.102. The number of carbonyl (C=O) groups excluding carboxylic acids is 1. The van der Waals surface area contributed by atoms with Gasteiger partial charge in [-0.3, -0.25) is 9.91 Å². The molecule has 4 rings (SSSR count). The number of anilines is 1. The minimum absolute atomic E-state index is 0.199. The van der Waals surface area contributed by atoms with Gasteiger partial charge in [0.15, 0.2) is 0 Å². The quantitative estimate of drug-likeness (QED) is 0.813. The van der Waals surface area contributed by atoms with Crippen molar-refractivity contribution in [2.45, 2.75) is 39.3 Å². The molecule has 0 saturated carbocycles. The van der Waals surface area contributed by atoms with Crippen molar-refractivity contribution < 1.29 is 14.3 Å². The van der Waals surface area contributed by atoms with E-state index in [4.69, 9.17) is 9.47 Å². The monoisotopic (exact) mass is 370 g/mol. The van der Waals surface area contributed by atoms with Crippen molar-refractivity contribution in [3.05, 3.63) is 34.9 Å². The fourth-order valence-electron chi connectivity index (χ4n) is 4.03. The third-order valence-corrected chi connectivity index (χ3v) is 5.41. The summed E-state index contributed by atoms with van der Waals surface area (Å²) in [5.74, 6) is 0. The normalized spacial score (nSPS) is 25.1. The van der Waals surface area contributed by atoms with Crippen LogP contribution in [0.5, 0.6) is 0 Å². The zero-order valence-corrected chi connectivity index (χ0v) is 16.1. The number of amides is 1. The van der Waals surface area contributed by atoms with Crippen LogP contribution < -0.4 is 4.90 Å². The van der Waals surface area contributed by atoms with Crippen molar-refractivity contribution >= 4 is 17.4 Å². The maximum Gasteiger partial charge on any atom is 0.414 e. The molecule has 0 aromatic heterocycles. The highest BCUT2D eigenvalue weighted by atomic mass is 16.6. The Kier molecular flexibility index (Phi) is 4.86. The molecule has 1 aromatic rings. The van der Waals surface area contributed by atoms with Crippen molar-refractivity contribution in [3.8, 4) is 0 Å². The second kappa shape index (κ2) is 7.31. The maximum absolute atomic E-state index is 12.5. The number of nitrogens with zero attached hydrogens (tertiary/aromatic N) is 4. The fraction of sp³-hybridized carbons (Fsp3) is 0.550. The minimum Gasteiger partial charge on any atom is -0.442 e. The number of carbonyl (C=O) groups is 1. The second-order valence-electron chi connectivity index (χ2n) is 7.51. The van der Waals surface area contributed by atoms with E-state index in [0.29, 0.717) is 26.2 Å². The summed E-state index contributed by atoms with van der Waals surface area (Å²) < 4.78 is 11.0. The zero-order chi connectivity index (χ0) is 19.0. The number of hydrogen-bond acceptors (Lipinski definition) is 6. The van der Waals surface area contributed by atoms with E-state index in [9.17, 15) is 4.79 Å². The summed E-state index contributed by atoms with van der Waals surface area (Å²) in [4.78, 5) is 14.2. The van der Waals surface area contributed by atoms with Crippen LogP contribution in [0.4, 0.5) is 10.5 Å². The first-order valence-electron chi connectivity index (χ1n) is 9.53. The van der Waals surface area contributed by atoms with Gasteiger partial charge in [-0.15, -0.1) is 0 Å². The molecular formula is C20H26N4O3. The van der Waals surface area contributed by atoms with Gasteiger partial charge in [0, 0.05) is 5.69 Å². The molecule has 2 atom stereocenters. The molecule has 27 heavy (non-hydrogen) atoms. The zero-order valence-electron chi connectivity index (χ0n) is 16.1. The summed E-state index contributed by atoms with van der Waals surface area (Å²) in [7, 11) is 0. The summed E-state index contributed by atoms with van der Waals surface area (Å²) in [6.07, 6.45) is 2.60. The average molecular weight is 370 g/mol. The lowest BCUT2D eigenvalue weighted by Crippen LogP contribution is -2.35. The lowest BCUT2D eigenvalue weighted by atomic mass is 9.92. The highest BCUT2D eigenvalue weighted by molar-refractivity contribution is 5.90. The summed E-state index contributed by atoms with van der Waals surface area (Å²) in [5, 5.41) is 10.1. The SMILES string of the molecule is Cc1cc(N2CC(CN3N=NCC3C)OC2=O)cc(C)c1C1=CCOCC1. The van der Waals surface area contributed by atoms with Crippen molar-refractivity contribution in [3.63, 3.8) is 0 Å². The Morgan fingerprint density at radius 2 is 2.04 bits per heavy atom. The van der Waals surface area contributed by atoms with Crippen LogP contribution in [0.3, 0.4) is 0 Å². The van der Waals surface area contributed by atoms with E-state index in [-0.39, 0.29) is 18.2 Å². The Hall–Kier alpha value is -2.41. The number of ether oxygens (including phenoxy) is 2. The molecule has 7 heteroatoms. The Morgan fingerprint density at radius 3 is 2.67 bits per heavy atom. The fourth-order valence-corrected chi connectivity index (χ4v) is 4.03. The standard InChI is InChI=1S/C20H26N4O3/c1-13-8-17(9-14(2)19(13)16-4-6-26-7-5-16)23-11-18(27-20(23)25)12-24-15(3)10-21-22-24/h4,8-9,15,18H,5-7,10-12H2,1-3H3. The van der Waals surface area contributed by atoms with Crippen LogP contribution in [0.15, 0.2) is 28.5 Å². The van der Waals surface area contributed by atoms with Gasteiger partial charge in [-0.05, 0) is 61.6 Å². The van der Waals surface area contributed by atoms with Crippen LogP contribution in [-0.4, -0.2) is 56.1 Å². The third kappa shape index (κ3) is 3.56. The first kappa shape index (κ1) is 18.0. The van der Waals surface area contributed by atoms with Gasteiger partial charge in [0.05, 0.1) is 38.9 Å². The van der Waals surface area contributed by atoms with E-state index in [1.807, 2.05) is 5.01 Å². The van der Waals surface area contributed by atoms with Crippen molar-refractivity contribution in [2.24, 2.45) is 10.3 Å². The lowest BCUT2D eigenvalue weighted by Gasteiger charge is -2.22. The van der Waals surface area contributed by atoms with Gasteiger partial charge in [0.1, 0.15) is 6.10 Å². The smallest absolute Gasteiger partial charge is 0.414 e. The van der Waals surface area contributed by atoms with Crippen molar-refractivity contribution in [1.82, 2.24) is 5.01 Å². The van der Waals surface area contributed by atoms with E-state index in [1.54, 1.807) is 4.90 Å². The molecule has 3 aliphatic heterocycles. The van der Waals surface area contributed by atoms with Gasteiger partial charge in [0.25, 0.3) is 0 Å². The first-order valence-corrected chi connectivity index (χ1v) is 9.53. The molecule has 1 amide bonds. The van der Waals surface area contributed by atoms with Gasteiger partial charge in [-0.1, -0.05) is 11.3 Å². The number of hydrogen-bond donors (Lipinski definition) is 0. The van der Waals surface area contributed by atoms with Crippen LogP contribution in [0.2, 0.25) is 0 Å². The van der Waals surface area contributed by atoms with Gasteiger partial charge >= 0.3 is 6.09 Å². The number of rotatable bonds is 4. The topological polar surface area (TPSA) is 66.7 Å². The Balaban J connectivity index is 1.52. The molecule has 1 fully saturated rings. The summed E-state index contributed by atoms with van der Waals surface area (Å²) >= 11 is 0. The molecule has 1 saturated heterocycles. The molecule has 0 radical (unpaired) electrons. The molecule has 3 aliphatic rings. The highest BCUT2D eigenvalue weighted by Crippen LogP contribution is 2.33. The molecular weight excluding hydrogens is 344 g/mol. The van der Waals surface area contributed by atoms with Gasteiger partial charge in [0.2, 0.25) is 0 Å². The van der Waals surface area contributed by atoms with E-state index >= 15 is 0 Å². The van der Waals surface area contributed by atoms with Gasteiger partial charge in [-0.2, -0.15) is 5.11 Å². The van der Waals surface area contributed by atoms with E-state index in [1.165, 1.54) is 22.3 Å². The van der Waals surface area contributed by atoms with Gasteiger partial charge in [-0.25, -0.2) is 4.79 Å². The predicted molar refractivity (Wildman–Crippen MR) is 103 cm³/mol. The van der Waals surface area contributed by atoms with Crippen LogP contribution in [-0.2, 0) is 9.47 Å². The first-order chi connectivity index (χ1) is 13.0. The van der Waals surface area contributed by atoms with Crippen LogP contribution in [0.1, 0.15) is 30.0 Å². The molecule has 0 aliphatic carbocycles. The van der Waals surface area contributed by atoms with E-state index in [2.05, 4.69) is 49.3 Å². The summed E-state index contributed by atoms with van der Waals surface area (Å²) in [6, 6.07) is 4.43. The van der Waals surface area contributed by atoms with Gasteiger partial charge < -0.3 is 9.47 Å². The highest BCUT2D eigenvalue weighted by Gasteiger charge is 2.35. The number of benzene rings is 1. The van der Waals surface area contributed by atoms with Crippen LogP contribution in [0.25, 0.3) is 5.57 Å². The maximum atomic E-state index is 12.5. The van der Waals surface area contributed by atoms with E-state index in [0.717, 1.165) is 18.7 Å². The minimum atomic E-state index is -0.291. The second-order valence-corrected chi connectivity index (χ2v) is 7.51. The molecule has 1 aromatic carbocycles. The van der Waals surface area contributed by atoms with Crippen molar-refractivity contribution in [2.75, 3.05) is 37.7 Å². The molecule has 0 bridgehead atoms. The third-order valence-electron chi connectivity index (χ3n) is 5.41. The number of aryl methyl sites for hydroxylation is 2. The molecule has 0 N–H and O–H groups in total. The molecule has 7 nitrogen and oxygen atoms in total. The Bertz CT molecular complexity index is 781. The van der Waals surface area contributed by atoms with Crippen molar-refractivity contribution in [1.29, 1.82) is 0 Å². The van der Waals surface area contributed by atoms with Crippen LogP contribution >= 0.6 is 0 Å². The molecule has 2 unspecified atom stereocenters. The van der Waals surface area contributed by atoms with E-state index < -0.39 is 0 Å².